The number of aryl methyl sites for hydroxylation is 2. The molecule has 2 aromatic carbocycles. The minimum atomic E-state index is -0.376. The van der Waals surface area contributed by atoms with Crippen LogP contribution in [0.5, 0.6) is 5.75 Å². The molecule has 2 amide bonds. The molecule has 1 atom stereocenters. The van der Waals surface area contributed by atoms with E-state index in [0.29, 0.717) is 12.3 Å². The van der Waals surface area contributed by atoms with E-state index >= 15 is 0 Å². The SMILES string of the molecule is COc1ccc(C)cc1N1CC(C(=O)Nc2ccc(C)cc2)CC1=O. The Hall–Kier alpha value is -2.82. The highest BCUT2D eigenvalue weighted by Crippen LogP contribution is 2.34. The molecule has 1 N–H and O–H groups in total. The van der Waals surface area contributed by atoms with Gasteiger partial charge in [0.25, 0.3) is 0 Å². The van der Waals surface area contributed by atoms with Gasteiger partial charge in [0.15, 0.2) is 0 Å². The van der Waals surface area contributed by atoms with E-state index in [1.807, 2.05) is 56.3 Å². The first-order chi connectivity index (χ1) is 12.0. The first-order valence-electron chi connectivity index (χ1n) is 8.30. The van der Waals surface area contributed by atoms with E-state index in [1.54, 1.807) is 12.0 Å². The Morgan fingerprint density at radius 1 is 1.12 bits per heavy atom. The van der Waals surface area contributed by atoms with Crippen LogP contribution in [0.4, 0.5) is 11.4 Å². The first-order valence-corrected chi connectivity index (χ1v) is 8.30. The summed E-state index contributed by atoms with van der Waals surface area (Å²) in [6.07, 6.45) is 0.203. The highest BCUT2D eigenvalue weighted by Gasteiger charge is 2.36. The van der Waals surface area contributed by atoms with E-state index in [4.69, 9.17) is 4.74 Å². The molecule has 5 nitrogen and oxygen atoms in total. The van der Waals surface area contributed by atoms with Crippen LogP contribution in [0.15, 0.2) is 42.5 Å². The Balaban J connectivity index is 1.75. The molecule has 25 heavy (non-hydrogen) atoms. The summed E-state index contributed by atoms with van der Waals surface area (Å²) in [7, 11) is 1.58. The number of nitrogens with zero attached hydrogens (tertiary/aromatic N) is 1. The highest BCUT2D eigenvalue weighted by molar-refractivity contribution is 6.04. The largest absolute Gasteiger partial charge is 0.495 e. The molecule has 0 aliphatic carbocycles. The zero-order valence-corrected chi connectivity index (χ0v) is 14.7. The zero-order chi connectivity index (χ0) is 18.0. The maximum absolute atomic E-state index is 12.5. The smallest absolute Gasteiger partial charge is 0.229 e. The van der Waals surface area contributed by atoms with Crippen molar-refractivity contribution in [2.24, 2.45) is 5.92 Å². The van der Waals surface area contributed by atoms with Gasteiger partial charge in [0.2, 0.25) is 11.8 Å². The molecule has 130 valence electrons. The number of methoxy groups -OCH3 is 1. The number of hydrogen-bond donors (Lipinski definition) is 1. The predicted octanol–water partition coefficient (Wildman–Crippen LogP) is 3.30. The van der Waals surface area contributed by atoms with Gasteiger partial charge in [-0.15, -0.1) is 0 Å². The first kappa shape index (κ1) is 17.0. The average Bonchev–Trinajstić information content (AvgIpc) is 2.98. The van der Waals surface area contributed by atoms with Crippen LogP contribution in [-0.2, 0) is 9.59 Å². The summed E-state index contributed by atoms with van der Waals surface area (Å²) in [6, 6.07) is 13.3. The number of hydrogen-bond acceptors (Lipinski definition) is 3. The summed E-state index contributed by atoms with van der Waals surface area (Å²) in [5, 5.41) is 2.89. The number of nitrogens with one attached hydrogen (secondary N) is 1. The maximum atomic E-state index is 12.5. The van der Waals surface area contributed by atoms with Gasteiger partial charge in [-0.2, -0.15) is 0 Å². The standard InChI is InChI=1S/C20H22N2O3/c1-13-4-7-16(8-5-13)21-20(24)15-11-19(23)22(12-15)17-10-14(2)6-9-18(17)25-3/h4-10,15H,11-12H2,1-3H3,(H,21,24). The fraction of sp³-hybridized carbons (Fsp3) is 0.300. The van der Waals surface area contributed by atoms with Crippen molar-refractivity contribution in [3.05, 3.63) is 53.6 Å². The summed E-state index contributed by atoms with van der Waals surface area (Å²) in [5.74, 6) is 0.0665. The van der Waals surface area contributed by atoms with Crippen molar-refractivity contribution >= 4 is 23.2 Å². The Morgan fingerprint density at radius 2 is 1.80 bits per heavy atom. The van der Waals surface area contributed by atoms with E-state index in [-0.39, 0.29) is 24.2 Å². The van der Waals surface area contributed by atoms with Crippen LogP contribution >= 0.6 is 0 Å². The summed E-state index contributed by atoms with van der Waals surface area (Å²) in [6.45, 7) is 4.32. The molecule has 3 rings (SSSR count). The van der Waals surface area contributed by atoms with Gasteiger partial charge in [0.05, 0.1) is 18.7 Å². The van der Waals surface area contributed by atoms with E-state index in [1.165, 1.54) is 0 Å². The molecule has 1 unspecified atom stereocenters. The molecule has 1 heterocycles. The van der Waals surface area contributed by atoms with E-state index in [9.17, 15) is 9.59 Å². The maximum Gasteiger partial charge on any atom is 0.229 e. The van der Waals surface area contributed by atoms with Gasteiger partial charge >= 0.3 is 0 Å². The molecular weight excluding hydrogens is 316 g/mol. The number of ether oxygens (including phenoxy) is 1. The lowest BCUT2D eigenvalue weighted by Gasteiger charge is -2.20. The van der Waals surface area contributed by atoms with Crippen molar-refractivity contribution in [3.8, 4) is 5.75 Å². The van der Waals surface area contributed by atoms with Gasteiger partial charge in [0.1, 0.15) is 5.75 Å². The molecule has 1 saturated heterocycles. The third-order valence-corrected chi connectivity index (χ3v) is 4.44. The molecule has 2 aromatic rings. The van der Waals surface area contributed by atoms with Crippen molar-refractivity contribution < 1.29 is 14.3 Å². The minimum absolute atomic E-state index is 0.0621. The number of carbonyl (C=O) groups is 2. The lowest BCUT2D eigenvalue weighted by molar-refractivity contribution is -0.122. The quantitative estimate of drug-likeness (QED) is 0.930. The molecule has 5 heteroatoms. The van der Waals surface area contributed by atoms with Crippen LogP contribution in [0, 0.1) is 19.8 Å². The molecule has 0 saturated carbocycles. The third-order valence-electron chi connectivity index (χ3n) is 4.44. The van der Waals surface area contributed by atoms with Crippen molar-refractivity contribution in [2.45, 2.75) is 20.3 Å². The molecule has 1 fully saturated rings. The molecular formula is C20H22N2O3. The molecule has 1 aliphatic rings. The van der Waals surface area contributed by atoms with Crippen molar-refractivity contribution in [2.75, 3.05) is 23.9 Å². The Morgan fingerprint density at radius 3 is 2.48 bits per heavy atom. The highest BCUT2D eigenvalue weighted by atomic mass is 16.5. The van der Waals surface area contributed by atoms with Crippen LogP contribution in [0.2, 0.25) is 0 Å². The fourth-order valence-corrected chi connectivity index (χ4v) is 3.01. The minimum Gasteiger partial charge on any atom is -0.495 e. The summed E-state index contributed by atoms with van der Waals surface area (Å²) in [4.78, 5) is 26.6. The number of anilines is 2. The topological polar surface area (TPSA) is 58.6 Å². The molecule has 0 radical (unpaired) electrons. The summed E-state index contributed by atoms with van der Waals surface area (Å²) in [5.41, 5.74) is 3.63. The zero-order valence-electron chi connectivity index (χ0n) is 14.7. The summed E-state index contributed by atoms with van der Waals surface area (Å²) >= 11 is 0. The van der Waals surface area contributed by atoms with Gasteiger partial charge in [-0.25, -0.2) is 0 Å². The normalized spacial score (nSPS) is 16.8. The monoisotopic (exact) mass is 338 g/mol. The molecule has 0 aromatic heterocycles. The lowest BCUT2D eigenvalue weighted by atomic mass is 10.1. The second-order valence-electron chi connectivity index (χ2n) is 6.44. The third kappa shape index (κ3) is 3.65. The Kier molecular flexibility index (Phi) is 4.74. The van der Waals surface area contributed by atoms with Crippen LogP contribution in [0.3, 0.4) is 0 Å². The van der Waals surface area contributed by atoms with Gasteiger partial charge < -0.3 is 15.0 Å². The van der Waals surface area contributed by atoms with Crippen LogP contribution < -0.4 is 15.0 Å². The molecule has 0 spiro atoms. The second-order valence-corrected chi connectivity index (χ2v) is 6.44. The number of carbonyl (C=O) groups excluding carboxylic acids is 2. The lowest BCUT2D eigenvalue weighted by Crippen LogP contribution is -2.28. The van der Waals surface area contributed by atoms with Crippen LogP contribution in [-0.4, -0.2) is 25.5 Å². The molecule has 1 aliphatic heterocycles. The number of amides is 2. The van der Waals surface area contributed by atoms with Gasteiger partial charge in [-0.05, 0) is 43.7 Å². The van der Waals surface area contributed by atoms with Crippen molar-refractivity contribution in [1.82, 2.24) is 0 Å². The van der Waals surface area contributed by atoms with Gasteiger partial charge in [0, 0.05) is 18.7 Å². The van der Waals surface area contributed by atoms with Crippen LogP contribution in [0.1, 0.15) is 17.5 Å². The summed E-state index contributed by atoms with van der Waals surface area (Å²) < 4.78 is 5.37. The van der Waals surface area contributed by atoms with Crippen molar-refractivity contribution in [1.29, 1.82) is 0 Å². The Labute approximate surface area is 147 Å². The van der Waals surface area contributed by atoms with Gasteiger partial charge in [-0.1, -0.05) is 23.8 Å². The number of rotatable bonds is 4. The van der Waals surface area contributed by atoms with E-state index < -0.39 is 0 Å². The molecule has 0 bridgehead atoms. The second kappa shape index (κ2) is 6.97. The van der Waals surface area contributed by atoms with Crippen molar-refractivity contribution in [3.63, 3.8) is 0 Å². The Bertz CT molecular complexity index is 799. The van der Waals surface area contributed by atoms with Crippen LogP contribution in [0.25, 0.3) is 0 Å². The number of benzene rings is 2. The van der Waals surface area contributed by atoms with E-state index in [0.717, 1.165) is 22.5 Å². The van der Waals surface area contributed by atoms with E-state index in [2.05, 4.69) is 5.32 Å². The van der Waals surface area contributed by atoms with Gasteiger partial charge in [-0.3, -0.25) is 9.59 Å². The fourth-order valence-electron chi connectivity index (χ4n) is 3.01. The average molecular weight is 338 g/mol. The predicted molar refractivity (Wildman–Crippen MR) is 98.0 cm³/mol.